The summed E-state index contributed by atoms with van der Waals surface area (Å²) in [4.78, 5) is 13.4. The Morgan fingerprint density at radius 2 is 1.68 bits per heavy atom. The van der Waals surface area contributed by atoms with Crippen LogP contribution in [0.2, 0.25) is 0 Å². The molecule has 0 radical (unpaired) electrons. The normalized spacial score (nSPS) is 15.9. The van der Waals surface area contributed by atoms with Crippen LogP contribution in [0.4, 0.5) is 22.0 Å². The number of carboxylic acids is 1. The van der Waals surface area contributed by atoms with Crippen molar-refractivity contribution in [3.8, 4) is 0 Å². The summed E-state index contributed by atoms with van der Waals surface area (Å²) in [6.45, 7) is 2.55. The lowest BCUT2D eigenvalue weighted by Gasteiger charge is -2.34. The van der Waals surface area contributed by atoms with Crippen LogP contribution in [0, 0.1) is 18.6 Å². The second-order valence-electron chi connectivity index (χ2n) is 10.4. The highest BCUT2D eigenvalue weighted by Gasteiger charge is 2.30. The molecule has 1 aliphatic carbocycles. The van der Waals surface area contributed by atoms with E-state index in [4.69, 9.17) is 0 Å². The highest BCUT2D eigenvalue weighted by molar-refractivity contribution is 6.01. The molecule has 0 bridgehead atoms. The van der Waals surface area contributed by atoms with Gasteiger partial charge in [-0.1, -0.05) is 42.5 Å². The number of rotatable bonds is 6. The smallest absolute Gasteiger partial charge is 0.390 e. The lowest BCUT2D eigenvalue weighted by atomic mass is 9.85. The molecule has 40 heavy (non-hydrogen) atoms. The molecular weight excluding hydrogens is 525 g/mol. The van der Waals surface area contributed by atoms with Crippen molar-refractivity contribution in [2.75, 3.05) is 19.6 Å². The fraction of sp³-hybridized carbons (Fsp3) is 0.281. The number of carboxylic acid groups (broad SMARTS) is 1. The maximum atomic E-state index is 14.6. The Balaban J connectivity index is 1.52. The number of likely N-dealkylation sites (tertiary alicyclic amines) is 1. The van der Waals surface area contributed by atoms with Crippen LogP contribution < -0.4 is 0 Å². The summed E-state index contributed by atoms with van der Waals surface area (Å²) in [6, 6.07) is 15.5. The maximum absolute atomic E-state index is 14.6. The number of hydrogen-bond acceptors (Lipinski definition) is 2. The lowest BCUT2D eigenvalue weighted by Crippen LogP contribution is -2.41. The van der Waals surface area contributed by atoms with Crippen molar-refractivity contribution in [1.29, 1.82) is 0 Å². The van der Waals surface area contributed by atoms with Gasteiger partial charge >= 0.3 is 12.1 Å². The number of carbonyl (C=O) groups is 1. The molecule has 0 spiro atoms. The fourth-order valence-corrected chi connectivity index (χ4v) is 5.54. The van der Waals surface area contributed by atoms with E-state index in [9.17, 15) is 31.9 Å². The largest absolute Gasteiger partial charge is 0.478 e. The van der Waals surface area contributed by atoms with E-state index < -0.39 is 30.2 Å². The van der Waals surface area contributed by atoms with Crippen molar-refractivity contribution < 1.29 is 31.9 Å². The quantitative estimate of drug-likeness (QED) is 0.315. The Hall–Kier alpha value is -3.78. The zero-order valence-corrected chi connectivity index (χ0v) is 21.9. The summed E-state index contributed by atoms with van der Waals surface area (Å²) in [6.07, 6.45) is -1.06. The molecule has 1 saturated heterocycles. The van der Waals surface area contributed by atoms with Gasteiger partial charge in [0.15, 0.2) is 11.6 Å². The molecule has 8 heteroatoms. The number of nitrogens with zero attached hydrogens (tertiary/aromatic N) is 1. The van der Waals surface area contributed by atoms with Crippen LogP contribution >= 0.6 is 0 Å². The third-order valence-electron chi connectivity index (χ3n) is 7.60. The number of hydrogen-bond donors (Lipinski definition) is 1. The molecule has 208 valence electrons. The van der Waals surface area contributed by atoms with Crippen molar-refractivity contribution in [3.05, 3.63) is 111 Å². The Bertz CT molecular complexity index is 1510. The average Bonchev–Trinajstić information content (AvgIpc) is 3.07. The molecule has 5 rings (SSSR count). The molecular formula is C32H28F5NO2. The van der Waals surface area contributed by atoms with Gasteiger partial charge < -0.3 is 5.11 Å². The highest BCUT2D eigenvalue weighted by atomic mass is 19.4. The summed E-state index contributed by atoms with van der Waals surface area (Å²) in [5, 5.41) is 9.52. The third kappa shape index (κ3) is 5.87. The standard InChI is InChI=1S/C32H28F5NO2/c1-19-25(11-12-28(33)30(19)34)27-4-2-3-23-16-24(31(39)40)9-10-26(23)29(27)22-7-5-20(6-8-22)15-21-17-38(18-21)14-13-32(35,36)37/h5-12,15-16H,2-4,13-14,17-18H2,1H3,(H,39,40). The molecule has 1 N–H and O–H groups in total. The predicted molar refractivity (Wildman–Crippen MR) is 145 cm³/mol. The molecule has 3 aromatic carbocycles. The molecule has 0 atom stereocenters. The van der Waals surface area contributed by atoms with Crippen molar-refractivity contribution in [2.45, 2.75) is 38.8 Å². The van der Waals surface area contributed by atoms with Crippen molar-refractivity contribution >= 4 is 23.2 Å². The Morgan fingerprint density at radius 1 is 0.975 bits per heavy atom. The molecule has 0 aromatic heterocycles. The minimum absolute atomic E-state index is 0.0108. The molecule has 1 fully saturated rings. The van der Waals surface area contributed by atoms with Gasteiger partial charge in [0.2, 0.25) is 0 Å². The zero-order valence-electron chi connectivity index (χ0n) is 21.9. The molecule has 3 aromatic rings. The molecule has 1 heterocycles. The molecule has 3 nitrogen and oxygen atoms in total. The summed E-state index contributed by atoms with van der Waals surface area (Å²) in [7, 11) is 0. The Labute approximate surface area is 229 Å². The van der Waals surface area contributed by atoms with Gasteiger partial charge in [0.25, 0.3) is 0 Å². The summed E-state index contributed by atoms with van der Waals surface area (Å²) < 4.78 is 66.0. The van der Waals surface area contributed by atoms with E-state index in [-0.39, 0.29) is 17.7 Å². The molecule has 0 unspecified atom stereocenters. The van der Waals surface area contributed by atoms with Crippen LogP contribution in [-0.2, 0) is 6.42 Å². The molecule has 1 aliphatic heterocycles. The summed E-state index contributed by atoms with van der Waals surface area (Å²) in [5.74, 6) is -2.81. The maximum Gasteiger partial charge on any atom is 0.390 e. The molecule has 0 amide bonds. The number of fused-ring (bicyclic) bond motifs is 1. The number of alkyl halides is 3. The fourth-order valence-electron chi connectivity index (χ4n) is 5.54. The predicted octanol–water partition coefficient (Wildman–Crippen LogP) is 7.92. The van der Waals surface area contributed by atoms with Gasteiger partial charge in [-0.25, -0.2) is 13.6 Å². The number of benzene rings is 3. The minimum Gasteiger partial charge on any atom is -0.478 e. The van der Waals surface area contributed by atoms with Crippen LogP contribution in [0.15, 0.2) is 60.2 Å². The summed E-state index contributed by atoms with van der Waals surface area (Å²) in [5.41, 5.74) is 7.29. The molecule has 2 aliphatic rings. The SMILES string of the molecule is Cc1c(C2=C(c3ccc(C=C4CN(CCC(F)(F)F)C4)cc3)c3ccc(C(=O)O)cc3CCC2)ccc(F)c1F. The number of halogens is 5. The van der Waals surface area contributed by atoms with Crippen LogP contribution in [0.3, 0.4) is 0 Å². The zero-order chi connectivity index (χ0) is 28.6. The average molecular weight is 554 g/mol. The van der Waals surface area contributed by atoms with Gasteiger partial charge in [-0.3, -0.25) is 4.90 Å². The highest BCUT2D eigenvalue weighted by Crippen LogP contribution is 2.41. The summed E-state index contributed by atoms with van der Waals surface area (Å²) >= 11 is 0. The van der Waals surface area contributed by atoms with Crippen LogP contribution in [-0.4, -0.2) is 41.8 Å². The van der Waals surface area contributed by atoms with Crippen molar-refractivity contribution in [1.82, 2.24) is 4.90 Å². The van der Waals surface area contributed by atoms with E-state index in [0.717, 1.165) is 45.0 Å². The monoisotopic (exact) mass is 553 g/mol. The Kier molecular flexibility index (Phi) is 7.64. The van der Waals surface area contributed by atoms with E-state index in [1.54, 1.807) is 36.1 Å². The number of aryl methyl sites for hydroxylation is 1. The van der Waals surface area contributed by atoms with Gasteiger partial charge in [-0.15, -0.1) is 0 Å². The second kappa shape index (κ2) is 11.0. The van der Waals surface area contributed by atoms with E-state index >= 15 is 0 Å². The van der Waals surface area contributed by atoms with Crippen molar-refractivity contribution in [3.63, 3.8) is 0 Å². The van der Waals surface area contributed by atoms with Crippen LogP contribution in [0.1, 0.15) is 63.0 Å². The van der Waals surface area contributed by atoms with Gasteiger partial charge in [0.1, 0.15) is 0 Å². The number of aromatic carboxylic acids is 1. The van der Waals surface area contributed by atoms with Crippen LogP contribution in [0.5, 0.6) is 0 Å². The third-order valence-corrected chi connectivity index (χ3v) is 7.60. The first-order valence-electron chi connectivity index (χ1n) is 13.1. The van der Waals surface area contributed by atoms with Crippen LogP contribution in [0.25, 0.3) is 17.2 Å². The number of allylic oxidation sites excluding steroid dienone is 1. The lowest BCUT2D eigenvalue weighted by molar-refractivity contribution is -0.138. The van der Waals surface area contributed by atoms with Crippen molar-refractivity contribution in [2.24, 2.45) is 0 Å². The Morgan fingerprint density at radius 3 is 2.35 bits per heavy atom. The van der Waals surface area contributed by atoms with E-state index in [1.165, 1.54) is 0 Å². The molecule has 0 saturated carbocycles. The van der Waals surface area contributed by atoms with Gasteiger partial charge in [-0.05, 0) is 94.5 Å². The van der Waals surface area contributed by atoms with E-state index in [0.29, 0.717) is 37.9 Å². The first kappa shape index (κ1) is 27.8. The van der Waals surface area contributed by atoms with Gasteiger partial charge in [-0.2, -0.15) is 13.2 Å². The van der Waals surface area contributed by atoms with Gasteiger partial charge in [0, 0.05) is 19.6 Å². The van der Waals surface area contributed by atoms with E-state index in [1.807, 2.05) is 30.3 Å². The topological polar surface area (TPSA) is 40.5 Å². The van der Waals surface area contributed by atoms with Gasteiger partial charge in [0.05, 0.1) is 12.0 Å². The minimum atomic E-state index is -4.16. The first-order chi connectivity index (χ1) is 19.0. The van der Waals surface area contributed by atoms with E-state index in [2.05, 4.69) is 0 Å². The second-order valence-corrected chi connectivity index (χ2v) is 10.4. The first-order valence-corrected chi connectivity index (χ1v) is 13.1.